The van der Waals surface area contributed by atoms with Crippen molar-refractivity contribution in [2.24, 2.45) is 0 Å². The van der Waals surface area contributed by atoms with Gasteiger partial charge in [-0.2, -0.15) is 11.8 Å². The summed E-state index contributed by atoms with van der Waals surface area (Å²) in [5.74, 6) is 1.65. The van der Waals surface area contributed by atoms with E-state index >= 15 is 0 Å². The van der Waals surface area contributed by atoms with E-state index in [1.165, 1.54) is 24.8 Å². The molecule has 1 saturated carbocycles. The van der Waals surface area contributed by atoms with E-state index in [4.69, 9.17) is 0 Å². The Morgan fingerprint density at radius 1 is 1.03 bits per heavy atom. The molecule has 172 valence electrons. The standard InChI is InChI=1S/C27H36N2O2S/c1-21-10-9-13-24(18-21)19-29(22(2)27(31)28-25-14-7-4-8-15-25)26(30)16-17-32-20-23-11-5-3-6-12-23/h3,5-6,9-13,18,22,25H,4,7-8,14-17,19-20H2,1-2H3,(H,28,31)/t22-/m1/s1. The minimum atomic E-state index is -0.482. The topological polar surface area (TPSA) is 49.4 Å². The number of benzene rings is 2. The molecule has 1 N–H and O–H groups in total. The number of rotatable bonds is 10. The van der Waals surface area contributed by atoms with E-state index in [0.29, 0.717) is 13.0 Å². The Morgan fingerprint density at radius 3 is 2.47 bits per heavy atom. The number of nitrogens with one attached hydrogen (secondary N) is 1. The molecule has 2 aromatic rings. The van der Waals surface area contributed by atoms with Crippen LogP contribution in [-0.2, 0) is 21.9 Å². The smallest absolute Gasteiger partial charge is 0.242 e. The Labute approximate surface area is 197 Å². The lowest BCUT2D eigenvalue weighted by atomic mass is 9.95. The maximum atomic E-state index is 13.2. The Kier molecular flexibility index (Phi) is 9.66. The van der Waals surface area contributed by atoms with Crippen LogP contribution >= 0.6 is 11.8 Å². The number of hydrogen-bond acceptors (Lipinski definition) is 3. The molecule has 5 heteroatoms. The second kappa shape index (κ2) is 12.7. The lowest BCUT2D eigenvalue weighted by molar-refractivity contribution is -0.140. The summed E-state index contributed by atoms with van der Waals surface area (Å²) in [5, 5.41) is 3.20. The Bertz CT molecular complexity index is 865. The summed E-state index contributed by atoms with van der Waals surface area (Å²) in [5.41, 5.74) is 3.49. The molecule has 0 saturated heterocycles. The summed E-state index contributed by atoms with van der Waals surface area (Å²) in [4.78, 5) is 28.0. The Balaban J connectivity index is 1.60. The summed E-state index contributed by atoms with van der Waals surface area (Å²) in [6, 6.07) is 18.3. The third-order valence-corrected chi connectivity index (χ3v) is 7.16. The zero-order valence-corrected chi connectivity index (χ0v) is 20.2. The van der Waals surface area contributed by atoms with E-state index in [0.717, 1.165) is 35.5 Å². The highest BCUT2D eigenvalue weighted by molar-refractivity contribution is 7.98. The van der Waals surface area contributed by atoms with Crippen LogP contribution in [0.4, 0.5) is 0 Å². The largest absolute Gasteiger partial charge is 0.352 e. The van der Waals surface area contributed by atoms with Crippen LogP contribution in [0.15, 0.2) is 54.6 Å². The molecule has 1 atom stereocenters. The predicted octanol–water partition coefficient (Wildman–Crippen LogP) is 5.48. The van der Waals surface area contributed by atoms with Gasteiger partial charge in [0.1, 0.15) is 6.04 Å². The van der Waals surface area contributed by atoms with Crippen molar-refractivity contribution in [1.29, 1.82) is 0 Å². The van der Waals surface area contributed by atoms with Gasteiger partial charge in [-0.05, 0) is 37.8 Å². The fourth-order valence-corrected chi connectivity index (χ4v) is 5.12. The molecular weight excluding hydrogens is 416 g/mol. The highest BCUT2D eigenvalue weighted by Gasteiger charge is 2.27. The second-order valence-electron chi connectivity index (χ2n) is 8.82. The number of nitrogens with zero attached hydrogens (tertiary/aromatic N) is 1. The van der Waals surface area contributed by atoms with Crippen LogP contribution in [-0.4, -0.2) is 34.6 Å². The molecule has 0 heterocycles. The quantitative estimate of drug-likeness (QED) is 0.485. The third kappa shape index (κ3) is 7.70. The van der Waals surface area contributed by atoms with Crippen molar-refractivity contribution >= 4 is 23.6 Å². The summed E-state index contributed by atoms with van der Waals surface area (Å²) in [7, 11) is 0. The normalized spacial score (nSPS) is 15.2. The molecule has 2 amide bonds. The molecule has 1 fully saturated rings. The molecular formula is C27H36N2O2S. The molecule has 2 aromatic carbocycles. The summed E-state index contributed by atoms with van der Waals surface area (Å²) in [6.07, 6.45) is 6.11. The van der Waals surface area contributed by atoms with Gasteiger partial charge in [-0.25, -0.2) is 0 Å². The molecule has 0 bridgehead atoms. The van der Waals surface area contributed by atoms with Gasteiger partial charge < -0.3 is 10.2 Å². The number of hydrogen-bond donors (Lipinski definition) is 1. The minimum absolute atomic E-state index is 0.0326. The number of aryl methyl sites for hydroxylation is 1. The zero-order valence-electron chi connectivity index (χ0n) is 19.4. The minimum Gasteiger partial charge on any atom is -0.352 e. The molecule has 0 aromatic heterocycles. The number of carbonyl (C=O) groups excluding carboxylic acids is 2. The molecule has 32 heavy (non-hydrogen) atoms. The van der Waals surface area contributed by atoms with Gasteiger partial charge in [0, 0.05) is 30.5 Å². The fourth-order valence-electron chi connectivity index (χ4n) is 4.23. The SMILES string of the molecule is Cc1cccc(CN(C(=O)CCSCc2ccccc2)[C@H](C)C(=O)NC2CCCCC2)c1. The summed E-state index contributed by atoms with van der Waals surface area (Å²) < 4.78 is 0. The second-order valence-corrected chi connectivity index (χ2v) is 9.92. The van der Waals surface area contributed by atoms with Gasteiger partial charge in [0.15, 0.2) is 0 Å². The molecule has 0 spiro atoms. The maximum absolute atomic E-state index is 13.2. The first kappa shape index (κ1) is 24.4. The Morgan fingerprint density at radius 2 is 1.75 bits per heavy atom. The van der Waals surface area contributed by atoms with Crippen molar-refractivity contribution in [2.45, 2.75) is 76.8 Å². The highest BCUT2D eigenvalue weighted by atomic mass is 32.2. The van der Waals surface area contributed by atoms with Crippen molar-refractivity contribution in [3.63, 3.8) is 0 Å². The lowest BCUT2D eigenvalue weighted by Crippen LogP contribution is -2.50. The van der Waals surface area contributed by atoms with Crippen LogP contribution < -0.4 is 5.32 Å². The van der Waals surface area contributed by atoms with E-state index in [-0.39, 0.29) is 17.9 Å². The molecule has 3 rings (SSSR count). The molecule has 0 radical (unpaired) electrons. The van der Waals surface area contributed by atoms with Gasteiger partial charge in [-0.1, -0.05) is 79.4 Å². The third-order valence-electron chi connectivity index (χ3n) is 6.13. The van der Waals surface area contributed by atoms with Crippen LogP contribution in [0.25, 0.3) is 0 Å². The average molecular weight is 453 g/mol. The van der Waals surface area contributed by atoms with Gasteiger partial charge in [-0.15, -0.1) is 0 Å². The number of amides is 2. The Hall–Kier alpha value is -2.27. The monoisotopic (exact) mass is 452 g/mol. The van der Waals surface area contributed by atoms with E-state index in [1.54, 1.807) is 16.7 Å². The van der Waals surface area contributed by atoms with E-state index in [9.17, 15) is 9.59 Å². The van der Waals surface area contributed by atoms with Crippen LogP contribution in [0.3, 0.4) is 0 Å². The van der Waals surface area contributed by atoms with Gasteiger partial charge in [-0.3, -0.25) is 9.59 Å². The lowest BCUT2D eigenvalue weighted by Gasteiger charge is -2.31. The van der Waals surface area contributed by atoms with E-state index in [2.05, 4.69) is 36.5 Å². The molecule has 0 aliphatic heterocycles. The first-order chi connectivity index (χ1) is 15.5. The van der Waals surface area contributed by atoms with Crippen molar-refractivity contribution in [3.8, 4) is 0 Å². The van der Waals surface area contributed by atoms with Gasteiger partial charge >= 0.3 is 0 Å². The summed E-state index contributed by atoms with van der Waals surface area (Å²) >= 11 is 1.76. The summed E-state index contributed by atoms with van der Waals surface area (Å²) in [6.45, 7) is 4.38. The van der Waals surface area contributed by atoms with E-state index in [1.807, 2.05) is 37.3 Å². The predicted molar refractivity (Wildman–Crippen MR) is 133 cm³/mol. The average Bonchev–Trinajstić information content (AvgIpc) is 2.81. The van der Waals surface area contributed by atoms with Crippen molar-refractivity contribution in [2.75, 3.05) is 5.75 Å². The number of carbonyl (C=O) groups is 2. The maximum Gasteiger partial charge on any atom is 0.242 e. The van der Waals surface area contributed by atoms with Crippen LogP contribution in [0.5, 0.6) is 0 Å². The van der Waals surface area contributed by atoms with Crippen molar-refractivity contribution in [1.82, 2.24) is 10.2 Å². The van der Waals surface area contributed by atoms with Crippen molar-refractivity contribution < 1.29 is 9.59 Å². The zero-order chi connectivity index (χ0) is 22.8. The number of thioether (sulfide) groups is 1. The van der Waals surface area contributed by atoms with Crippen LogP contribution in [0, 0.1) is 6.92 Å². The van der Waals surface area contributed by atoms with Crippen LogP contribution in [0.1, 0.15) is 62.1 Å². The van der Waals surface area contributed by atoms with Crippen molar-refractivity contribution in [3.05, 3.63) is 71.3 Å². The first-order valence-electron chi connectivity index (χ1n) is 11.8. The van der Waals surface area contributed by atoms with Crippen LogP contribution in [0.2, 0.25) is 0 Å². The molecule has 1 aliphatic rings. The highest BCUT2D eigenvalue weighted by Crippen LogP contribution is 2.19. The van der Waals surface area contributed by atoms with Gasteiger partial charge in [0.25, 0.3) is 0 Å². The molecule has 4 nitrogen and oxygen atoms in total. The van der Waals surface area contributed by atoms with Gasteiger partial charge in [0.05, 0.1) is 0 Å². The molecule has 1 aliphatic carbocycles. The van der Waals surface area contributed by atoms with Gasteiger partial charge in [0.2, 0.25) is 11.8 Å². The fraction of sp³-hybridized carbons (Fsp3) is 0.481. The first-order valence-corrected chi connectivity index (χ1v) is 13.0. The van der Waals surface area contributed by atoms with E-state index < -0.39 is 6.04 Å². The molecule has 0 unspecified atom stereocenters.